The number of esters is 1. The van der Waals surface area contributed by atoms with Crippen molar-refractivity contribution in [2.75, 3.05) is 26.4 Å². The van der Waals surface area contributed by atoms with Crippen molar-refractivity contribution in [1.82, 2.24) is 5.32 Å². The first kappa shape index (κ1) is 53.0. The van der Waals surface area contributed by atoms with Gasteiger partial charge in [-0.15, -0.1) is 0 Å². The zero-order valence-corrected chi connectivity index (χ0v) is 36.3. The third kappa shape index (κ3) is 42.2. The van der Waals surface area contributed by atoms with Crippen LogP contribution in [0.3, 0.4) is 0 Å². The highest BCUT2D eigenvalue weighted by Gasteiger charge is 2.23. The minimum absolute atomic E-state index is 0.0880. The standard InChI is InChI=1S/C44H88NO8P/c1-3-5-7-9-11-13-15-17-18-19-20-21-22-23-24-25-27-29-31-33-35-37-44(48)51-40-42(46)41-53-54(49,50)52-39-38-45-43(47)36-34-32-30-28-26-16-14-12-10-8-6-4-2/h42,46H,3-41H2,1-2H3,(H,45,47)(H,49,50). The summed E-state index contributed by atoms with van der Waals surface area (Å²) in [5, 5.41) is 12.7. The number of unbranched alkanes of at least 4 members (excludes halogenated alkanes) is 31. The van der Waals surface area contributed by atoms with Crippen LogP contribution in [0.2, 0.25) is 0 Å². The third-order valence-electron chi connectivity index (χ3n) is 10.3. The van der Waals surface area contributed by atoms with Gasteiger partial charge in [0.15, 0.2) is 0 Å². The van der Waals surface area contributed by atoms with Crippen molar-refractivity contribution in [1.29, 1.82) is 0 Å². The number of nitrogens with one attached hydrogen (secondary N) is 1. The van der Waals surface area contributed by atoms with Gasteiger partial charge in [-0.25, -0.2) is 4.57 Å². The lowest BCUT2D eigenvalue weighted by Gasteiger charge is -2.15. The molecule has 0 aliphatic rings. The van der Waals surface area contributed by atoms with Crippen molar-refractivity contribution in [3.8, 4) is 0 Å². The van der Waals surface area contributed by atoms with Gasteiger partial charge in [0.05, 0.1) is 13.2 Å². The van der Waals surface area contributed by atoms with Gasteiger partial charge in [-0.2, -0.15) is 0 Å². The smallest absolute Gasteiger partial charge is 0.463 e. The summed E-state index contributed by atoms with van der Waals surface area (Å²) in [5.74, 6) is -0.503. The fraction of sp³-hybridized carbons (Fsp3) is 0.955. The van der Waals surface area contributed by atoms with E-state index in [9.17, 15) is 24.2 Å². The molecule has 0 heterocycles. The molecule has 0 radical (unpaired) electrons. The number of aliphatic hydroxyl groups excluding tert-OH is 1. The van der Waals surface area contributed by atoms with E-state index in [0.29, 0.717) is 12.8 Å². The first-order valence-corrected chi connectivity index (χ1v) is 24.5. The average molecular weight is 790 g/mol. The molecular weight excluding hydrogens is 701 g/mol. The molecule has 0 aromatic carbocycles. The summed E-state index contributed by atoms with van der Waals surface area (Å²) in [5.41, 5.74) is 0. The molecule has 0 saturated carbocycles. The van der Waals surface area contributed by atoms with Gasteiger partial charge in [-0.3, -0.25) is 18.6 Å². The summed E-state index contributed by atoms with van der Waals surface area (Å²) in [7, 11) is -4.41. The zero-order valence-electron chi connectivity index (χ0n) is 35.4. The third-order valence-corrected chi connectivity index (χ3v) is 11.3. The van der Waals surface area contributed by atoms with Gasteiger partial charge < -0.3 is 20.1 Å². The molecule has 0 rings (SSSR count). The number of hydrogen-bond acceptors (Lipinski definition) is 7. The lowest BCUT2D eigenvalue weighted by atomic mass is 10.0. The highest BCUT2D eigenvalue weighted by atomic mass is 31.2. The molecule has 2 unspecified atom stereocenters. The predicted octanol–water partition coefficient (Wildman–Crippen LogP) is 12.8. The van der Waals surface area contributed by atoms with Crippen LogP contribution in [0.5, 0.6) is 0 Å². The van der Waals surface area contributed by atoms with Gasteiger partial charge in [0.25, 0.3) is 0 Å². The second kappa shape index (κ2) is 41.6. The Bertz CT molecular complexity index is 860. The number of rotatable bonds is 44. The molecule has 0 aliphatic heterocycles. The van der Waals surface area contributed by atoms with Crippen molar-refractivity contribution >= 4 is 19.7 Å². The number of amides is 1. The van der Waals surface area contributed by atoms with Crippen molar-refractivity contribution in [2.24, 2.45) is 0 Å². The SMILES string of the molecule is CCCCCCCCCCCCCCCCCCCCCCCC(=O)OCC(O)COP(=O)(O)OCCNC(=O)CCCCCCCCCCCCCC. The van der Waals surface area contributed by atoms with Crippen LogP contribution >= 0.6 is 7.82 Å². The molecule has 2 atom stereocenters. The van der Waals surface area contributed by atoms with Gasteiger partial charge in [-0.1, -0.05) is 213 Å². The molecule has 0 saturated heterocycles. The molecule has 9 nitrogen and oxygen atoms in total. The Hall–Kier alpha value is -0.990. The molecule has 322 valence electrons. The molecule has 1 amide bonds. The summed E-state index contributed by atoms with van der Waals surface area (Å²) in [6.07, 6.45) is 41.8. The summed E-state index contributed by atoms with van der Waals surface area (Å²) in [6.45, 7) is 3.60. The second-order valence-electron chi connectivity index (χ2n) is 15.7. The summed E-state index contributed by atoms with van der Waals surface area (Å²) < 4.78 is 26.9. The minimum atomic E-state index is -4.41. The quantitative estimate of drug-likeness (QED) is 0.0316. The molecule has 0 aliphatic carbocycles. The maximum Gasteiger partial charge on any atom is 0.472 e. The first-order chi connectivity index (χ1) is 26.3. The van der Waals surface area contributed by atoms with E-state index in [1.54, 1.807) is 0 Å². The van der Waals surface area contributed by atoms with Crippen LogP contribution in [0.25, 0.3) is 0 Å². The highest BCUT2D eigenvalue weighted by molar-refractivity contribution is 7.47. The van der Waals surface area contributed by atoms with Crippen LogP contribution in [0.15, 0.2) is 0 Å². The summed E-state index contributed by atoms with van der Waals surface area (Å²) >= 11 is 0. The second-order valence-corrected chi connectivity index (χ2v) is 17.2. The Morgan fingerprint density at radius 1 is 0.500 bits per heavy atom. The Balaban J connectivity index is 3.52. The fourth-order valence-electron chi connectivity index (χ4n) is 6.79. The number of aliphatic hydroxyl groups is 1. The first-order valence-electron chi connectivity index (χ1n) is 23.0. The number of phosphoric acid groups is 1. The Morgan fingerprint density at radius 2 is 0.833 bits per heavy atom. The minimum Gasteiger partial charge on any atom is -0.463 e. The average Bonchev–Trinajstić information content (AvgIpc) is 3.16. The fourth-order valence-corrected chi connectivity index (χ4v) is 7.55. The number of hydrogen-bond donors (Lipinski definition) is 3. The molecule has 10 heteroatoms. The maximum absolute atomic E-state index is 12.1. The van der Waals surface area contributed by atoms with Crippen molar-refractivity contribution < 1.29 is 37.9 Å². The van der Waals surface area contributed by atoms with Crippen LogP contribution < -0.4 is 5.32 Å². The van der Waals surface area contributed by atoms with Gasteiger partial charge in [0, 0.05) is 19.4 Å². The van der Waals surface area contributed by atoms with Crippen LogP contribution in [-0.4, -0.2) is 54.3 Å². The lowest BCUT2D eigenvalue weighted by Crippen LogP contribution is -2.27. The number of ether oxygens (including phenoxy) is 1. The molecular formula is C44H88NO8P. The van der Waals surface area contributed by atoms with E-state index in [4.69, 9.17) is 13.8 Å². The van der Waals surface area contributed by atoms with E-state index >= 15 is 0 Å². The van der Waals surface area contributed by atoms with Crippen molar-refractivity contribution in [3.63, 3.8) is 0 Å². The van der Waals surface area contributed by atoms with E-state index in [0.717, 1.165) is 38.5 Å². The van der Waals surface area contributed by atoms with E-state index < -0.39 is 26.5 Å². The van der Waals surface area contributed by atoms with Crippen LogP contribution in [0.4, 0.5) is 0 Å². The highest BCUT2D eigenvalue weighted by Crippen LogP contribution is 2.42. The molecule has 0 aromatic heterocycles. The maximum atomic E-state index is 12.1. The number of carbonyl (C=O) groups excluding carboxylic acids is 2. The lowest BCUT2D eigenvalue weighted by molar-refractivity contribution is -0.147. The molecule has 0 fully saturated rings. The molecule has 0 spiro atoms. The largest absolute Gasteiger partial charge is 0.472 e. The topological polar surface area (TPSA) is 131 Å². The van der Waals surface area contributed by atoms with Crippen molar-refractivity contribution in [3.05, 3.63) is 0 Å². The van der Waals surface area contributed by atoms with E-state index in [2.05, 4.69) is 19.2 Å². The number of carbonyl (C=O) groups is 2. The molecule has 0 bridgehead atoms. The summed E-state index contributed by atoms with van der Waals surface area (Å²) in [6, 6.07) is 0. The van der Waals surface area contributed by atoms with E-state index in [1.165, 1.54) is 173 Å². The van der Waals surface area contributed by atoms with Crippen LogP contribution in [-0.2, 0) is 27.9 Å². The van der Waals surface area contributed by atoms with Gasteiger partial charge in [-0.05, 0) is 12.8 Å². The molecule has 0 aromatic rings. The Kier molecular flexibility index (Phi) is 40.9. The number of phosphoric ester groups is 1. The predicted molar refractivity (Wildman–Crippen MR) is 225 cm³/mol. The Morgan fingerprint density at radius 3 is 1.20 bits per heavy atom. The normalized spacial score (nSPS) is 13.2. The van der Waals surface area contributed by atoms with Crippen LogP contribution in [0.1, 0.15) is 239 Å². The monoisotopic (exact) mass is 790 g/mol. The molecule has 3 N–H and O–H groups in total. The van der Waals surface area contributed by atoms with Crippen molar-refractivity contribution in [2.45, 2.75) is 245 Å². The van der Waals surface area contributed by atoms with Gasteiger partial charge in [0.2, 0.25) is 5.91 Å². The van der Waals surface area contributed by atoms with E-state index in [-0.39, 0.29) is 25.7 Å². The Labute approximate surface area is 333 Å². The molecule has 54 heavy (non-hydrogen) atoms. The summed E-state index contributed by atoms with van der Waals surface area (Å²) in [4.78, 5) is 33.9. The van der Waals surface area contributed by atoms with Gasteiger partial charge >= 0.3 is 13.8 Å². The van der Waals surface area contributed by atoms with Gasteiger partial charge in [0.1, 0.15) is 12.7 Å². The zero-order chi connectivity index (χ0) is 39.6. The van der Waals surface area contributed by atoms with Crippen LogP contribution in [0, 0.1) is 0 Å². The van der Waals surface area contributed by atoms with E-state index in [1.807, 2.05) is 0 Å².